The van der Waals surface area contributed by atoms with Crippen molar-refractivity contribution in [2.45, 2.75) is 33.2 Å². The maximum absolute atomic E-state index is 12.1. The molecule has 0 atom stereocenters. The fourth-order valence-corrected chi connectivity index (χ4v) is 3.32. The van der Waals surface area contributed by atoms with Crippen LogP contribution in [0.3, 0.4) is 0 Å². The van der Waals surface area contributed by atoms with Crippen molar-refractivity contribution >= 4 is 28.3 Å². The van der Waals surface area contributed by atoms with Gasteiger partial charge in [-0.3, -0.25) is 4.79 Å². The van der Waals surface area contributed by atoms with Crippen molar-refractivity contribution in [3.63, 3.8) is 0 Å². The minimum atomic E-state index is -0.426. The number of aromatic nitrogens is 5. The number of thiazole rings is 1. The molecule has 10 heteroatoms. The smallest absolute Gasteiger partial charge is 0.350 e. The van der Waals surface area contributed by atoms with Gasteiger partial charge in [-0.15, -0.1) is 10.2 Å². The quantitative estimate of drug-likeness (QED) is 0.579. The minimum Gasteiger partial charge on any atom is -0.462 e. The van der Waals surface area contributed by atoms with E-state index in [0.29, 0.717) is 41.1 Å². The fourth-order valence-electron chi connectivity index (χ4n) is 2.44. The number of anilines is 1. The summed E-state index contributed by atoms with van der Waals surface area (Å²) in [5.41, 5.74) is 1.43. The molecule has 3 rings (SSSR count). The molecule has 0 saturated carbocycles. The number of nitrogens with one attached hydrogen (secondary N) is 1. The number of hydrogen-bond acceptors (Lipinski definition) is 8. The molecule has 0 saturated heterocycles. The third-order valence-corrected chi connectivity index (χ3v) is 4.80. The zero-order valence-electron chi connectivity index (χ0n) is 15.6. The second-order valence-electron chi connectivity index (χ2n) is 5.88. The number of aryl methyl sites for hydroxylation is 2. The van der Waals surface area contributed by atoms with Crippen LogP contribution in [-0.4, -0.2) is 43.7 Å². The highest BCUT2D eigenvalue weighted by atomic mass is 32.1. The second kappa shape index (κ2) is 9.18. The average Bonchev–Trinajstić information content (AvgIpc) is 3.29. The molecule has 2 heterocycles. The van der Waals surface area contributed by atoms with Crippen molar-refractivity contribution in [1.82, 2.24) is 25.2 Å². The lowest BCUT2D eigenvalue weighted by Gasteiger charge is -2.01. The Kier molecular flexibility index (Phi) is 6.43. The van der Waals surface area contributed by atoms with Crippen LogP contribution in [0.2, 0.25) is 0 Å². The van der Waals surface area contributed by atoms with Crippen LogP contribution in [0.1, 0.15) is 35.1 Å². The number of rotatable bonds is 8. The highest BCUT2D eigenvalue weighted by Gasteiger charge is 2.17. The van der Waals surface area contributed by atoms with E-state index in [-0.39, 0.29) is 12.3 Å². The first-order valence-electron chi connectivity index (χ1n) is 8.84. The Morgan fingerprint density at radius 2 is 2.04 bits per heavy atom. The van der Waals surface area contributed by atoms with Crippen LogP contribution in [0.5, 0.6) is 0 Å². The van der Waals surface area contributed by atoms with Gasteiger partial charge >= 0.3 is 5.97 Å². The van der Waals surface area contributed by atoms with Gasteiger partial charge in [0.15, 0.2) is 5.13 Å². The predicted molar refractivity (Wildman–Crippen MR) is 104 cm³/mol. The number of tetrazole rings is 1. The summed E-state index contributed by atoms with van der Waals surface area (Å²) in [5, 5.41) is 15.4. The molecular weight excluding hydrogens is 380 g/mol. The molecule has 146 valence electrons. The van der Waals surface area contributed by atoms with Gasteiger partial charge in [0.2, 0.25) is 11.7 Å². The van der Waals surface area contributed by atoms with E-state index in [1.165, 1.54) is 4.80 Å². The third kappa shape index (κ3) is 4.97. The molecule has 28 heavy (non-hydrogen) atoms. The first-order valence-corrected chi connectivity index (χ1v) is 9.66. The lowest BCUT2D eigenvalue weighted by atomic mass is 10.2. The SMILES string of the molecule is CCOC(=O)c1sc(NC(=O)CCCn2nnc(-c3ccccc3)n2)nc1C. The van der Waals surface area contributed by atoms with E-state index in [9.17, 15) is 9.59 Å². The van der Waals surface area contributed by atoms with Crippen molar-refractivity contribution in [3.8, 4) is 11.4 Å². The van der Waals surface area contributed by atoms with E-state index < -0.39 is 5.97 Å². The molecule has 9 nitrogen and oxygen atoms in total. The fraction of sp³-hybridized carbons (Fsp3) is 0.333. The number of carbonyl (C=O) groups is 2. The van der Waals surface area contributed by atoms with Crippen LogP contribution < -0.4 is 5.32 Å². The molecule has 1 N–H and O–H groups in total. The first-order chi connectivity index (χ1) is 13.6. The van der Waals surface area contributed by atoms with Gasteiger partial charge in [-0.05, 0) is 25.5 Å². The standard InChI is InChI=1S/C18H20N6O3S/c1-3-27-17(26)15-12(2)19-18(28-15)20-14(25)10-7-11-24-22-16(21-23-24)13-8-5-4-6-9-13/h4-6,8-9H,3,7,10-11H2,1-2H3,(H,19,20,25). The molecule has 1 amide bonds. The Morgan fingerprint density at radius 3 is 2.79 bits per heavy atom. The largest absolute Gasteiger partial charge is 0.462 e. The number of amides is 1. The number of ether oxygens (including phenoxy) is 1. The molecule has 0 aliphatic heterocycles. The molecule has 0 bridgehead atoms. The van der Waals surface area contributed by atoms with Crippen molar-refractivity contribution in [2.75, 3.05) is 11.9 Å². The zero-order chi connectivity index (χ0) is 19.9. The number of nitrogens with zero attached hydrogens (tertiary/aromatic N) is 5. The van der Waals surface area contributed by atoms with Crippen LogP contribution in [0.15, 0.2) is 30.3 Å². The summed E-state index contributed by atoms with van der Waals surface area (Å²) in [7, 11) is 0. The van der Waals surface area contributed by atoms with Crippen molar-refractivity contribution in [3.05, 3.63) is 40.9 Å². The Labute approximate surface area is 165 Å². The van der Waals surface area contributed by atoms with Crippen LogP contribution in [0.4, 0.5) is 5.13 Å². The van der Waals surface area contributed by atoms with E-state index in [4.69, 9.17) is 4.74 Å². The van der Waals surface area contributed by atoms with E-state index >= 15 is 0 Å². The first kappa shape index (κ1) is 19.6. The average molecular weight is 400 g/mol. The van der Waals surface area contributed by atoms with E-state index in [1.807, 2.05) is 30.3 Å². The topological polar surface area (TPSA) is 112 Å². The van der Waals surface area contributed by atoms with Crippen LogP contribution in [0.25, 0.3) is 11.4 Å². The molecule has 3 aromatic rings. The summed E-state index contributed by atoms with van der Waals surface area (Å²) in [5.74, 6) is -0.0631. The van der Waals surface area contributed by atoms with Gasteiger partial charge in [0.05, 0.1) is 18.8 Å². The summed E-state index contributed by atoms with van der Waals surface area (Å²) in [6.07, 6.45) is 0.821. The monoisotopic (exact) mass is 400 g/mol. The minimum absolute atomic E-state index is 0.187. The van der Waals surface area contributed by atoms with Gasteiger partial charge in [-0.2, -0.15) is 4.80 Å². The van der Waals surface area contributed by atoms with Gasteiger partial charge in [0.25, 0.3) is 0 Å². The Bertz CT molecular complexity index is 953. The van der Waals surface area contributed by atoms with Gasteiger partial charge in [-0.25, -0.2) is 9.78 Å². The normalized spacial score (nSPS) is 10.6. The lowest BCUT2D eigenvalue weighted by Crippen LogP contribution is -2.13. The molecule has 2 aromatic heterocycles. The number of benzene rings is 1. The van der Waals surface area contributed by atoms with E-state index in [0.717, 1.165) is 16.9 Å². The molecule has 0 spiro atoms. The summed E-state index contributed by atoms with van der Waals surface area (Å²) >= 11 is 1.11. The summed E-state index contributed by atoms with van der Waals surface area (Å²) in [6, 6.07) is 9.57. The van der Waals surface area contributed by atoms with Crippen molar-refractivity contribution in [2.24, 2.45) is 0 Å². The summed E-state index contributed by atoms with van der Waals surface area (Å²) in [4.78, 5) is 30.0. The molecule has 1 aromatic carbocycles. The lowest BCUT2D eigenvalue weighted by molar-refractivity contribution is -0.116. The molecule has 0 unspecified atom stereocenters. The van der Waals surface area contributed by atoms with Gasteiger partial charge in [0.1, 0.15) is 4.88 Å². The number of carbonyl (C=O) groups excluding carboxylic acids is 2. The highest BCUT2D eigenvalue weighted by molar-refractivity contribution is 7.17. The Morgan fingerprint density at radius 1 is 1.25 bits per heavy atom. The Balaban J connectivity index is 1.48. The maximum Gasteiger partial charge on any atom is 0.350 e. The third-order valence-electron chi connectivity index (χ3n) is 3.75. The number of esters is 1. The summed E-state index contributed by atoms with van der Waals surface area (Å²) < 4.78 is 4.97. The van der Waals surface area contributed by atoms with Crippen LogP contribution in [0, 0.1) is 6.92 Å². The van der Waals surface area contributed by atoms with Gasteiger partial charge in [-0.1, -0.05) is 41.7 Å². The summed E-state index contributed by atoms with van der Waals surface area (Å²) in [6.45, 7) is 4.21. The maximum atomic E-state index is 12.1. The van der Waals surface area contributed by atoms with E-state index in [1.54, 1.807) is 13.8 Å². The van der Waals surface area contributed by atoms with Crippen molar-refractivity contribution < 1.29 is 14.3 Å². The van der Waals surface area contributed by atoms with Crippen LogP contribution >= 0.6 is 11.3 Å². The van der Waals surface area contributed by atoms with Crippen LogP contribution in [-0.2, 0) is 16.1 Å². The molecule has 0 fully saturated rings. The zero-order valence-corrected chi connectivity index (χ0v) is 16.4. The highest BCUT2D eigenvalue weighted by Crippen LogP contribution is 2.23. The predicted octanol–water partition coefficient (Wildman–Crippen LogP) is 2.70. The molecular formula is C18H20N6O3S. The second-order valence-corrected chi connectivity index (χ2v) is 6.88. The van der Waals surface area contributed by atoms with E-state index in [2.05, 4.69) is 25.7 Å². The van der Waals surface area contributed by atoms with Gasteiger partial charge in [0, 0.05) is 12.0 Å². The number of hydrogen-bond donors (Lipinski definition) is 1. The molecule has 0 radical (unpaired) electrons. The van der Waals surface area contributed by atoms with Crippen molar-refractivity contribution in [1.29, 1.82) is 0 Å². The Hall–Kier alpha value is -3.14. The van der Waals surface area contributed by atoms with Gasteiger partial charge < -0.3 is 10.1 Å². The molecule has 0 aliphatic rings. The molecule has 0 aliphatic carbocycles.